The Kier molecular flexibility index (Phi) is 4.84. The summed E-state index contributed by atoms with van der Waals surface area (Å²) in [4.78, 5) is 21.2. The van der Waals surface area contributed by atoms with Crippen LogP contribution >= 0.6 is 11.6 Å². The van der Waals surface area contributed by atoms with Crippen molar-refractivity contribution in [2.45, 2.75) is 13.1 Å². The van der Waals surface area contributed by atoms with Gasteiger partial charge in [-0.2, -0.15) is 5.10 Å². The standard InChI is InChI=1S/C19H17ClN6O/c20-16-10-24-26(12-16)7-6-21-19(27)15-8-17-18(22-9-15)25(13-23-17)11-14-4-2-1-3-5-14/h1-5,8-10,12-13H,6-7,11H2,(H,21,27). The molecule has 0 aliphatic heterocycles. The lowest BCUT2D eigenvalue weighted by molar-refractivity contribution is 0.0951. The monoisotopic (exact) mass is 380 g/mol. The first kappa shape index (κ1) is 17.2. The molecule has 0 aliphatic carbocycles. The molecule has 1 amide bonds. The third-order valence-corrected chi connectivity index (χ3v) is 4.34. The van der Waals surface area contributed by atoms with Gasteiger partial charge in [0, 0.05) is 18.9 Å². The van der Waals surface area contributed by atoms with Crippen molar-refractivity contribution in [1.29, 1.82) is 0 Å². The van der Waals surface area contributed by atoms with Crippen LogP contribution in [0, 0.1) is 0 Å². The number of carbonyl (C=O) groups is 1. The van der Waals surface area contributed by atoms with E-state index in [1.165, 1.54) is 5.56 Å². The van der Waals surface area contributed by atoms with Crippen molar-refractivity contribution in [2.24, 2.45) is 0 Å². The van der Waals surface area contributed by atoms with Gasteiger partial charge >= 0.3 is 0 Å². The predicted octanol–water partition coefficient (Wildman–Crippen LogP) is 2.76. The van der Waals surface area contributed by atoms with Gasteiger partial charge in [-0.25, -0.2) is 9.97 Å². The third-order valence-electron chi connectivity index (χ3n) is 4.14. The van der Waals surface area contributed by atoms with Crippen LogP contribution in [-0.2, 0) is 13.1 Å². The van der Waals surface area contributed by atoms with Gasteiger partial charge < -0.3 is 9.88 Å². The molecule has 0 aliphatic rings. The third kappa shape index (κ3) is 3.98. The summed E-state index contributed by atoms with van der Waals surface area (Å²) in [6.45, 7) is 1.67. The Labute approximate surface area is 160 Å². The van der Waals surface area contributed by atoms with Crippen LogP contribution in [0.2, 0.25) is 5.02 Å². The van der Waals surface area contributed by atoms with Gasteiger partial charge in [0.25, 0.3) is 5.91 Å². The Balaban J connectivity index is 1.43. The van der Waals surface area contributed by atoms with E-state index in [9.17, 15) is 4.79 Å². The number of imidazole rings is 1. The number of hydrogen-bond acceptors (Lipinski definition) is 4. The fourth-order valence-electron chi connectivity index (χ4n) is 2.82. The van der Waals surface area contributed by atoms with Crippen molar-refractivity contribution in [3.63, 3.8) is 0 Å². The summed E-state index contributed by atoms with van der Waals surface area (Å²) in [6, 6.07) is 11.9. The van der Waals surface area contributed by atoms with Gasteiger partial charge in [0.1, 0.15) is 5.52 Å². The normalized spacial score (nSPS) is 11.0. The Morgan fingerprint density at radius 1 is 1.15 bits per heavy atom. The Hall–Kier alpha value is -3.19. The zero-order chi connectivity index (χ0) is 18.6. The molecule has 1 aromatic carbocycles. The molecule has 27 heavy (non-hydrogen) atoms. The number of rotatable bonds is 6. The zero-order valence-corrected chi connectivity index (χ0v) is 15.2. The highest BCUT2D eigenvalue weighted by molar-refractivity contribution is 6.30. The summed E-state index contributed by atoms with van der Waals surface area (Å²) in [5.41, 5.74) is 3.09. The van der Waals surface area contributed by atoms with Crippen LogP contribution < -0.4 is 5.32 Å². The van der Waals surface area contributed by atoms with Gasteiger partial charge in [0.2, 0.25) is 0 Å². The number of aromatic nitrogens is 5. The summed E-state index contributed by atoms with van der Waals surface area (Å²) in [5.74, 6) is -0.194. The minimum Gasteiger partial charge on any atom is -0.350 e. The molecule has 3 aromatic heterocycles. The SMILES string of the molecule is O=C(NCCn1cc(Cl)cn1)c1cnc2c(c1)ncn2Cc1ccccc1. The maximum Gasteiger partial charge on any atom is 0.252 e. The van der Waals surface area contributed by atoms with Crippen LogP contribution in [-0.4, -0.2) is 36.8 Å². The fraction of sp³-hybridized carbons (Fsp3) is 0.158. The van der Waals surface area contributed by atoms with Crippen LogP contribution in [0.3, 0.4) is 0 Å². The van der Waals surface area contributed by atoms with Crippen LogP contribution in [0.4, 0.5) is 0 Å². The van der Waals surface area contributed by atoms with E-state index in [1.807, 2.05) is 22.8 Å². The lowest BCUT2D eigenvalue weighted by Crippen LogP contribution is -2.27. The number of nitrogens with one attached hydrogen (secondary N) is 1. The molecular weight excluding hydrogens is 364 g/mol. The number of pyridine rings is 1. The summed E-state index contributed by atoms with van der Waals surface area (Å²) >= 11 is 5.82. The van der Waals surface area contributed by atoms with Crippen LogP contribution in [0.25, 0.3) is 11.2 Å². The molecule has 3 heterocycles. The number of fused-ring (bicyclic) bond motifs is 1. The van der Waals surface area contributed by atoms with Crippen molar-refractivity contribution in [2.75, 3.05) is 6.54 Å². The predicted molar refractivity (Wildman–Crippen MR) is 103 cm³/mol. The molecule has 1 N–H and O–H groups in total. The lowest BCUT2D eigenvalue weighted by Gasteiger charge is -2.06. The first-order valence-electron chi connectivity index (χ1n) is 8.50. The highest BCUT2D eigenvalue weighted by Crippen LogP contribution is 2.14. The van der Waals surface area contributed by atoms with Crippen molar-refractivity contribution in [1.82, 2.24) is 29.6 Å². The van der Waals surface area contributed by atoms with Gasteiger partial charge in [0.15, 0.2) is 5.65 Å². The van der Waals surface area contributed by atoms with Crippen molar-refractivity contribution < 1.29 is 4.79 Å². The first-order valence-corrected chi connectivity index (χ1v) is 8.88. The molecule has 8 heteroatoms. The van der Waals surface area contributed by atoms with E-state index < -0.39 is 0 Å². The quantitative estimate of drug-likeness (QED) is 0.558. The van der Waals surface area contributed by atoms with Crippen molar-refractivity contribution in [3.05, 3.63) is 77.5 Å². The second-order valence-corrected chi connectivity index (χ2v) is 6.54. The molecule has 136 valence electrons. The maximum atomic E-state index is 12.3. The van der Waals surface area contributed by atoms with E-state index in [0.29, 0.717) is 35.7 Å². The minimum atomic E-state index is -0.194. The van der Waals surface area contributed by atoms with E-state index in [4.69, 9.17) is 11.6 Å². The van der Waals surface area contributed by atoms with Crippen molar-refractivity contribution in [3.8, 4) is 0 Å². The van der Waals surface area contributed by atoms with Gasteiger partial charge in [-0.05, 0) is 11.6 Å². The second kappa shape index (κ2) is 7.59. The second-order valence-electron chi connectivity index (χ2n) is 6.10. The average Bonchev–Trinajstić information content (AvgIpc) is 3.28. The van der Waals surface area contributed by atoms with Gasteiger partial charge in [-0.1, -0.05) is 41.9 Å². The van der Waals surface area contributed by atoms with Crippen LogP contribution in [0.5, 0.6) is 0 Å². The van der Waals surface area contributed by atoms with E-state index in [0.717, 1.165) is 5.65 Å². The number of nitrogens with zero attached hydrogens (tertiary/aromatic N) is 5. The van der Waals surface area contributed by atoms with E-state index in [1.54, 1.807) is 35.7 Å². The van der Waals surface area contributed by atoms with Crippen LogP contribution in [0.15, 0.2) is 61.3 Å². The molecule has 0 radical (unpaired) electrons. The Bertz CT molecular complexity index is 1070. The number of benzene rings is 1. The molecule has 0 spiro atoms. The van der Waals surface area contributed by atoms with Gasteiger partial charge in [-0.3, -0.25) is 9.48 Å². The highest BCUT2D eigenvalue weighted by atomic mass is 35.5. The average molecular weight is 381 g/mol. The summed E-state index contributed by atoms with van der Waals surface area (Å²) in [5, 5.41) is 7.49. The molecule has 0 saturated heterocycles. The first-order chi connectivity index (χ1) is 13.2. The van der Waals surface area contributed by atoms with Crippen molar-refractivity contribution >= 4 is 28.7 Å². The largest absolute Gasteiger partial charge is 0.350 e. The van der Waals surface area contributed by atoms with Gasteiger partial charge in [0.05, 0.1) is 36.2 Å². The summed E-state index contributed by atoms with van der Waals surface area (Å²) in [6.07, 6.45) is 6.59. The molecule has 4 rings (SSSR count). The topological polar surface area (TPSA) is 77.6 Å². The molecule has 0 atom stereocenters. The lowest BCUT2D eigenvalue weighted by atomic mass is 10.2. The molecule has 0 unspecified atom stereocenters. The van der Waals surface area contributed by atoms with E-state index >= 15 is 0 Å². The Morgan fingerprint density at radius 2 is 2.00 bits per heavy atom. The zero-order valence-electron chi connectivity index (χ0n) is 14.4. The molecular formula is C19H17ClN6O. The molecule has 4 aromatic rings. The summed E-state index contributed by atoms with van der Waals surface area (Å²) in [7, 11) is 0. The maximum absolute atomic E-state index is 12.3. The molecule has 7 nitrogen and oxygen atoms in total. The number of halogens is 1. The number of carbonyl (C=O) groups excluding carboxylic acids is 1. The number of amides is 1. The van der Waals surface area contributed by atoms with E-state index in [-0.39, 0.29) is 5.91 Å². The van der Waals surface area contributed by atoms with Gasteiger partial charge in [-0.15, -0.1) is 0 Å². The smallest absolute Gasteiger partial charge is 0.252 e. The highest BCUT2D eigenvalue weighted by Gasteiger charge is 2.11. The van der Waals surface area contributed by atoms with Crippen LogP contribution in [0.1, 0.15) is 15.9 Å². The minimum absolute atomic E-state index is 0.194. The molecule has 0 fully saturated rings. The summed E-state index contributed by atoms with van der Waals surface area (Å²) < 4.78 is 3.64. The fourth-order valence-corrected chi connectivity index (χ4v) is 2.97. The molecule has 0 bridgehead atoms. The Morgan fingerprint density at radius 3 is 2.78 bits per heavy atom. The number of hydrogen-bond donors (Lipinski definition) is 1. The molecule has 0 saturated carbocycles. The van der Waals surface area contributed by atoms with E-state index in [2.05, 4.69) is 32.5 Å².